The molecule has 9 heteroatoms. The number of aliphatic carboxylic acids is 1. The number of halogens is 3. The van der Waals surface area contributed by atoms with Crippen LogP contribution in [0.1, 0.15) is 19.4 Å². The summed E-state index contributed by atoms with van der Waals surface area (Å²) in [5.41, 5.74) is 0.535. The molecule has 1 fully saturated rings. The van der Waals surface area contributed by atoms with Gasteiger partial charge in [-0.2, -0.15) is 0 Å². The summed E-state index contributed by atoms with van der Waals surface area (Å²) in [4.78, 5) is 20.5. The van der Waals surface area contributed by atoms with Crippen molar-refractivity contribution in [3.63, 3.8) is 0 Å². The molecule has 4 rings (SSSR count). The average Bonchev–Trinajstić information content (AvgIpc) is 2.85. The number of amidine groups is 1. The number of para-hydroxylation sites is 1. The predicted octanol–water partition coefficient (Wildman–Crippen LogP) is 4.58. The molecule has 2 aliphatic rings. The van der Waals surface area contributed by atoms with E-state index in [1.54, 1.807) is 19.9 Å². The van der Waals surface area contributed by atoms with Gasteiger partial charge in [-0.25, -0.2) is 9.38 Å². The fourth-order valence-corrected chi connectivity index (χ4v) is 3.68. The highest BCUT2D eigenvalue weighted by atomic mass is 35.5. The van der Waals surface area contributed by atoms with E-state index in [0.29, 0.717) is 36.8 Å². The standard InChI is InChI=1S/C22H24FN3O3.2ClH/c1-22(2,21(27)28)14-25-9-11-26(12-10-25)20-16-5-3-4-6-18(16)29-19-8-7-15(23)13-17(19)24-20;;/h3-8,13H,9-12,14H2,1-2H3,(H,27,28);2*1H. The van der Waals surface area contributed by atoms with Gasteiger partial charge in [0.1, 0.15) is 23.1 Å². The lowest BCUT2D eigenvalue weighted by Gasteiger charge is -2.38. The molecule has 0 amide bonds. The summed E-state index contributed by atoms with van der Waals surface area (Å²) in [5, 5.41) is 9.38. The number of carboxylic acid groups (broad SMARTS) is 1. The van der Waals surface area contributed by atoms with Gasteiger partial charge >= 0.3 is 5.97 Å². The molecule has 2 heterocycles. The highest BCUT2D eigenvalue weighted by molar-refractivity contribution is 6.03. The second kappa shape index (κ2) is 9.85. The number of piperazine rings is 1. The number of hydrogen-bond acceptors (Lipinski definition) is 5. The largest absolute Gasteiger partial charge is 0.481 e. The van der Waals surface area contributed by atoms with E-state index in [2.05, 4.69) is 9.80 Å². The van der Waals surface area contributed by atoms with Gasteiger partial charge in [-0.05, 0) is 38.1 Å². The number of carbonyl (C=O) groups is 1. The Morgan fingerprint density at radius 1 is 1.10 bits per heavy atom. The zero-order valence-electron chi connectivity index (χ0n) is 17.4. The van der Waals surface area contributed by atoms with Gasteiger partial charge < -0.3 is 14.7 Å². The van der Waals surface area contributed by atoms with Crippen LogP contribution in [0.25, 0.3) is 0 Å². The maximum atomic E-state index is 13.8. The normalized spacial score (nSPS) is 15.8. The van der Waals surface area contributed by atoms with E-state index in [1.807, 2.05) is 24.3 Å². The summed E-state index contributed by atoms with van der Waals surface area (Å²) in [7, 11) is 0. The number of benzene rings is 2. The van der Waals surface area contributed by atoms with E-state index in [-0.39, 0.29) is 30.6 Å². The predicted molar refractivity (Wildman–Crippen MR) is 123 cm³/mol. The van der Waals surface area contributed by atoms with Crippen molar-refractivity contribution in [2.24, 2.45) is 10.4 Å². The minimum absolute atomic E-state index is 0. The molecule has 2 aromatic rings. The van der Waals surface area contributed by atoms with Crippen LogP contribution in [0.4, 0.5) is 10.1 Å². The van der Waals surface area contributed by atoms with E-state index < -0.39 is 11.4 Å². The topological polar surface area (TPSA) is 65.4 Å². The van der Waals surface area contributed by atoms with Crippen LogP contribution in [0.3, 0.4) is 0 Å². The summed E-state index contributed by atoms with van der Waals surface area (Å²) < 4.78 is 19.8. The highest BCUT2D eigenvalue weighted by Crippen LogP contribution is 2.38. The first-order valence-corrected chi connectivity index (χ1v) is 9.70. The summed E-state index contributed by atoms with van der Waals surface area (Å²) >= 11 is 0. The first-order valence-electron chi connectivity index (χ1n) is 9.70. The van der Waals surface area contributed by atoms with Crippen molar-refractivity contribution in [1.29, 1.82) is 0 Å². The third-order valence-corrected chi connectivity index (χ3v) is 5.36. The Morgan fingerprint density at radius 2 is 1.77 bits per heavy atom. The number of hydrogen-bond donors (Lipinski definition) is 1. The summed E-state index contributed by atoms with van der Waals surface area (Å²) in [6.45, 7) is 6.85. The number of carboxylic acids is 1. The number of aliphatic imine (C=N–C) groups is 1. The molecule has 0 radical (unpaired) electrons. The molecule has 0 unspecified atom stereocenters. The van der Waals surface area contributed by atoms with E-state index in [4.69, 9.17) is 9.73 Å². The highest BCUT2D eigenvalue weighted by Gasteiger charge is 2.32. The Bertz CT molecular complexity index is 976. The lowest BCUT2D eigenvalue weighted by molar-refractivity contribution is -0.148. The number of rotatable bonds is 3. The second-order valence-corrected chi connectivity index (χ2v) is 8.10. The van der Waals surface area contributed by atoms with Crippen molar-refractivity contribution in [1.82, 2.24) is 9.80 Å². The molecule has 2 aromatic carbocycles. The van der Waals surface area contributed by atoms with E-state index in [1.165, 1.54) is 12.1 Å². The third kappa shape index (κ3) is 5.29. The van der Waals surface area contributed by atoms with Crippen molar-refractivity contribution in [2.75, 3.05) is 32.7 Å². The quantitative estimate of drug-likeness (QED) is 0.712. The molecule has 1 N–H and O–H groups in total. The fraction of sp³-hybridized carbons (Fsp3) is 0.364. The molecule has 6 nitrogen and oxygen atoms in total. The van der Waals surface area contributed by atoms with Crippen molar-refractivity contribution >= 4 is 42.3 Å². The lowest BCUT2D eigenvalue weighted by atomic mass is 9.93. The van der Waals surface area contributed by atoms with Crippen LogP contribution in [0, 0.1) is 11.2 Å². The maximum Gasteiger partial charge on any atom is 0.310 e. The van der Waals surface area contributed by atoms with Crippen LogP contribution >= 0.6 is 24.8 Å². The number of ether oxygens (including phenoxy) is 1. The van der Waals surface area contributed by atoms with Crippen molar-refractivity contribution in [3.05, 3.63) is 53.8 Å². The zero-order chi connectivity index (χ0) is 20.6. The summed E-state index contributed by atoms with van der Waals surface area (Å²) in [5.74, 6) is 0.809. The van der Waals surface area contributed by atoms with Crippen molar-refractivity contribution < 1.29 is 19.0 Å². The van der Waals surface area contributed by atoms with E-state index >= 15 is 0 Å². The third-order valence-electron chi connectivity index (χ3n) is 5.36. The number of fused-ring (bicyclic) bond motifs is 2. The molecule has 0 bridgehead atoms. The number of nitrogens with zero attached hydrogens (tertiary/aromatic N) is 3. The van der Waals surface area contributed by atoms with Gasteiger partial charge in [-0.1, -0.05) is 12.1 Å². The van der Waals surface area contributed by atoms with E-state index in [9.17, 15) is 14.3 Å². The zero-order valence-corrected chi connectivity index (χ0v) is 19.0. The molecular weight excluding hydrogens is 444 g/mol. The van der Waals surface area contributed by atoms with Crippen molar-refractivity contribution in [2.45, 2.75) is 13.8 Å². The molecule has 0 aliphatic carbocycles. The van der Waals surface area contributed by atoms with Crippen molar-refractivity contribution in [3.8, 4) is 11.5 Å². The minimum Gasteiger partial charge on any atom is -0.481 e. The van der Waals surface area contributed by atoms with Crippen LogP contribution in [0.2, 0.25) is 0 Å². The summed E-state index contributed by atoms with van der Waals surface area (Å²) in [6.07, 6.45) is 0. The smallest absolute Gasteiger partial charge is 0.310 e. The first-order chi connectivity index (χ1) is 13.8. The Hall–Kier alpha value is -2.35. The van der Waals surface area contributed by atoms with Gasteiger partial charge in [0, 0.05) is 38.8 Å². The van der Waals surface area contributed by atoms with Gasteiger partial charge in [-0.3, -0.25) is 9.69 Å². The molecule has 0 atom stereocenters. The molecule has 168 valence electrons. The minimum atomic E-state index is -0.794. The van der Waals surface area contributed by atoms with Crippen LogP contribution in [-0.2, 0) is 4.79 Å². The van der Waals surface area contributed by atoms with Gasteiger partial charge in [0.15, 0.2) is 5.75 Å². The molecular formula is C22H26Cl2FN3O3. The lowest BCUT2D eigenvalue weighted by Crippen LogP contribution is -2.52. The monoisotopic (exact) mass is 469 g/mol. The van der Waals surface area contributed by atoms with Gasteiger partial charge in [-0.15, -0.1) is 24.8 Å². The van der Waals surface area contributed by atoms with Crippen LogP contribution in [0.15, 0.2) is 47.5 Å². The molecule has 2 aliphatic heterocycles. The van der Waals surface area contributed by atoms with Gasteiger partial charge in [0.05, 0.1) is 11.0 Å². The Kier molecular flexibility index (Phi) is 7.92. The average molecular weight is 470 g/mol. The Labute approximate surface area is 193 Å². The second-order valence-electron chi connectivity index (χ2n) is 8.10. The van der Waals surface area contributed by atoms with Gasteiger partial charge in [0.2, 0.25) is 0 Å². The summed E-state index contributed by atoms with van der Waals surface area (Å²) in [6, 6.07) is 12.0. The first kappa shape index (κ1) is 24.9. The maximum absolute atomic E-state index is 13.8. The van der Waals surface area contributed by atoms with Crippen LogP contribution < -0.4 is 4.74 Å². The van der Waals surface area contributed by atoms with Gasteiger partial charge in [0.25, 0.3) is 0 Å². The molecule has 0 aromatic heterocycles. The molecule has 31 heavy (non-hydrogen) atoms. The van der Waals surface area contributed by atoms with E-state index in [0.717, 1.165) is 24.5 Å². The molecule has 1 saturated heterocycles. The Balaban J connectivity index is 0.00000171. The molecule has 0 saturated carbocycles. The SMILES string of the molecule is CC(C)(CN1CCN(C2=Nc3cc(F)ccc3Oc3ccccc32)CC1)C(=O)O.Cl.Cl. The Morgan fingerprint density at radius 3 is 2.45 bits per heavy atom. The van der Waals surface area contributed by atoms with Crippen LogP contribution in [0.5, 0.6) is 11.5 Å². The molecule has 0 spiro atoms. The fourth-order valence-electron chi connectivity index (χ4n) is 3.68. The van der Waals surface area contributed by atoms with Crippen LogP contribution in [-0.4, -0.2) is 59.4 Å².